The Morgan fingerprint density at radius 2 is 1.94 bits per heavy atom. The van der Waals surface area contributed by atoms with Gasteiger partial charge in [0, 0.05) is 19.6 Å². The van der Waals surface area contributed by atoms with Gasteiger partial charge < -0.3 is 9.47 Å². The van der Waals surface area contributed by atoms with E-state index in [4.69, 9.17) is 9.47 Å². The van der Waals surface area contributed by atoms with E-state index in [1.165, 1.54) is 0 Å². The second kappa shape index (κ2) is 6.93. The average molecular weight is 265 g/mol. The number of hydrogen-bond acceptors (Lipinski definition) is 6. The van der Waals surface area contributed by atoms with Crippen molar-refractivity contribution in [1.29, 1.82) is 0 Å². The molecule has 1 aliphatic heterocycles. The van der Waals surface area contributed by atoms with Crippen molar-refractivity contribution in [3.8, 4) is 0 Å². The molecule has 0 radical (unpaired) electrons. The van der Waals surface area contributed by atoms with Crippen LogP contribution in [0.2, 0.25) is 0 Å². The normalized spacial score (nSPS) is 20.1. The van der Waals surface area contributed by atoms with E-state index in [0.717, 1.165) is 0 Å². The van der Waals surface area contributed by atoms with E-state index >= 15 is 0 Å². The molecule has 0 unspecified atom stereocenters. The zero-order valence-corrected chi connectivity index (χ0v) is 10.9. The van der Waals surface area contributed by atoms with E-state index in [9.17, 15) is 13.2 Å². The fourth-order valence-electron chi connectivity index (χ4n) is 1.53. The number of carbonyl (C=O) groups is 1. The molecule has 0 aromatic heterocycles. The lowest BCUT2D eigenvalue weighted by atomic mass is 10.5. The van der Waals surface area contributed by atoms with Crippen LogP contribution >= 0.6 is 0 Å². The predicted molar refractivity (Wildman–Crippen MR) is 62.5 cm³/mol. The van der Waals surface area contributed by atoms with Crippen LogP contribution in [-0.4, -0.2) is 70.2 Å². The molecule has 0 bridgehead atoms. The Labute approximate surface area is 102 Å². The fraction of sp³-hybridized carbons (Fsp3) is 0.900. The Bertz CT molecular complexity index is 327. The molecule has 0 atom stereocenters. The van der Waals surface area contributed by atoms with Crippen molar-refractivity contribution >= 4 is 15.8 Å². The molecule has 1 fully saturated rings. The summed E-state index contributed by atoms with van der Waals surface area (Å²) in [7, 11) is -2.82. The van der Waals surface area contributed by atoms with Crippen LogP contribution in [0.15, 0.2) is 0 Å². The number of carbonyl (C=O) groups excluding carboxylic acids is 1. The highest BCUT2D eigenvalue weighted by atomic mass is 32.2. The Balaban J connectivity index is 2.06. The third-order valence-electron chi connectivity index (χ3n) is 2.51. The number of esters is 1. The summed E-state index contributed by atoms with van der Waals surface area (Å²) in [6.45, 7) is 4.21. The molecular formula is C10H19NO5S. The lowest BCUT2D eigenvalue weighted by molar-refractivity contribution is -0.148. The molecule has 0 aliphatic carbocycles. The summed E-state index contributed by atoms with van der Waals surface area (Å²) in [6.07, 6.45) is 0. The second-order valence-corrected chi connectivity index (χ2v) is 6.15. The Hall–Kier alpha value is -0.660. The molecule has 17 heavy (non-hydrogen) atoms. The number of hydrogen-bond donors (Lipinski definition) is 0. The molecule has 1 saturated heterocycles. The lowest BCUT2D eigenvalue weighted by Crippen LogP contribution is -2.41. The van der Waals surface area contributed by atoms with E-state index in [0.29, 0.717) is 32.8 Å². The van der Waals surface area contributed by atoms with Gasteiger partial charge in [-0.15, -0.1) is 0 Å². The minimum Gasteiger partial charge on any atom is -0.464 e. The molecule has 0 spiro atoms. The van der Waals surface area contributed by atoms with E-state index in [-0.39, 0.29) is 24.1 Å². The lowest BCUT2D eigenvalue weighted by Gasteiger charge is -2.26. The maximum atomic E-state index is 11.2. The van der Waals surface area contributed by atoms with Crippen LogP contribution < -0.4 is 0 Å². The molecule has 0 aromatic rings. The molecule has 0 amide bonds. The van der Waals surface area contributed by atoms with Crippen molar-refractivity contribution in [3.63, 3.8) is 0 Å². The molecule has 0 aromatic carbocycles. The largest absolute Gasteiger partial charge is 0.464 e. The maximum absolute atomic E-state index is 11.2. The highest BCUT2D eigenvalue weighted by molar-refractivity contribution is 7.91. The first kappa shape index (κ1) is 14.4. The molecular weight excluding hydrogens is 246 g/mol. The molecule has 7 heteroatoms. The zero-order chi connectivity index (χ0) is 12.7. The van der Waals surface area contributed by atoms with Crippen LogP contribution in [0.3, 0.4) is 0 Å². The molecule has 1 rings (SSSR count). The summed E-state index contributed by atoms with van der Waals surface area (Å²) in [6, 6.07) is 0. The highest BCUT2D eigenvalue weighted by Crippen LogP contribution is 2.02. The SMILES string of the molecule is CCOC(=O)COCCN1CCS(=O)(=O)CC1. The first-order valence-electron chi connectivity index (χ1n) is 5.69. The van der Waals surface area contributed by atoms with Gasteiger partial charge in [0.25, 0.3) is 0 Å². The summed E-state index contributed by atoms with van der Waals surface area (Å²) in [5.41, 5.74) is 0. The van der Waals surface area contributed by atoms with Gasteiger partial charge in [-0.05, 0) is 6.92 Å². The van der Waals surface area contributed by atoms with Gasteiger partial charge in [-0.3, -0.25) is 4.90 Å². The van der Waals surface area contributed by atoms with Crippen molar-refractivity contribution in [2.45, 2.75) is 6.92 Å². The van der Waals surface area contributed by atoms with Gasteiger partial charge in [0.05, 0.1) is 24.7 Å². The number of nitrogens with zero attached hydrogens (tertiary/aromatic N) is 1. The summed E-state index contributed by atoms with van der Waals surface area (Å²) in [4.78, 5) is 13.0. The van der Waals surface area contributed by atoms with Gasteiger partial charge in [0.15, 0.2) is 9.84 Å². The predicted octanol–water partition coefficient (Wildman–Crippen LogP) is -0.703. The number of ether oxygens (including phenoxy) is 2. The standard InChI is InChI=1S/C10H19NO5S/c1-2-16-10(12)9-15-6-3-11-4-7-17(13,14)8-5-11/h2-9H2,1H3. The van der Waals surface area contributed by atoms with Crippen molar-refractivity contribution in [2.75, 3.05) is 51.0 Å². The minimum atomic E-state index is -2.82. The molecule has 1 heterocycles. The highest BCUT2D eigenvalue weighted by Gasteiger charge is 2.20. The summed E-state index contributed by atoms with van der Waals surface area (Å²) in [5, 5.41) is 0. The molecule has 1 aliphatic rings. The Morgan fingerprint density at radius 3 is 2.53 bits per heavy atom. The van der Waals surface area contributed by atoms with Crippen LogP contribution in [0, 0.1) is 0 Å². The van der Waals surface area contributed by atoms with Crippen molar-refractivity contribution in [2.24, 2.45) is 0 Å². The van der Waals surface area contributed by atoms with E-state index in [1.54, 1.807) is 6.92 Å². The summed E-state index contributed by atoms with van der Waals surface area (Å²) < 4.78 is 32.2. The van der Waals surface area contributed by atoms with Gasteiger partial charge in [-0.2, -0.15) is 0 Å². The van der Waals surface area contributed by atoms with Crippen molar-refractivity contribution in [3.05, 3.63) is 0 Å². The van der Waals surface area contributed by atoms with Gasteiger partial charge in [0.2, 0.25) is 0 Å². The first-order valence-corrected chi connectivity index (χ1v) is 7.52. The van der Waals surface area contributed by atoms with E-state index in [1.807, 2.05) is 4.90 Å². The maximum Gasteiger partial charge on any atom is 0.332 e. The zero-order valence-electron chi connectivity index (χ0n) is 10.1. The number of sulfone groups is 1. The number of rotatable bonds is 6. The van der Waals surface area contributed by atoms with Gasteiger partial charge in [-0.25, -0.2) is 13.2 Å². The molecule has 0 N–H and O–H groups in total. The molecule has 6 nitrogen and oxygen atoms in total. The smallest absolute Gasteiger partial charge is 0.332 e. The molecule has 0 saturated carbocycles. The van der Waals surface area contributed by atoms with Crippen LogP contribution in [0.5, 0.6) is 0 Å². The first-order chi connectivity index (χ1) is 8.03. The van der Waals surface area contributed by atoms with Crippen LogP contribution in [-0.2, 0) is 24.1 Å². The Morgan fingerprint density at radius 1 is 1.29 bits per heavy atom. The van der Waals surface area contributed by atoms with E-state index in [2.05, 4.69) is 0 Å². The third-order valence-corrected chi connectivity index (χ3v) is 4.12. The third kappa shape index (κ3) is 5.99. The van der Waals surface area contributed by atoms with Gasteiger partial charge in [-0.1, -0.05) is 0 Å². The molecule has 100 valence electrons. The van der Waals surface area contributed by atoms with Gasteiger partial charge in [0.1, 0.15) is 6.61 Å². The average Bonchev–Trinajstić information content (AvgIpc) is 2.27. The Kier molecular flexibility index (Phi) is 5.87. The van der Waals surface area contributed by atoms with E-state index < -0.39 is 9.84 Å². The van der Waals surface area contributed by atoms with Crippen molar-refractivity contribution in [1.82, 2.24) is 4.90 Å². The fourth-order valence-corrected chi connectivity index (χ4v) is 2.80. The van der Waals surface area contributed by atoms with Crippen molar-refractivity contribution < 1.29 is 22.7 Å². The monoisotopic (exact) mass is 265 g/mol. The topological polar surface area (TPSA) is 72.9 Å². The van der Waals surface area contributed by atoms with Crippen LogP contribution in [0.4, 0.5) is 0 Å². The second-order valence-electron chi connectivity index (χ2n) is 3.85. The summed E-state index contributed by atoms with van der Waals surface area (Å²) >= 11 is 0. The van der Waals surface area contributed by atoms with Crippen LogP contribution in [0.25, 0.3) is 0 Å². The van der Waals surface area contributed by atoms with Gasteiger partial charge >= 0.3 is 5.97 Å². The summed E-state index contributed by atoms with van der Waals surface area (Å²) in [5.74, 6) is 0.0594. The quantitative estimate of drug-likeness (QED) is 0.467. The minimum absolute atomic E-state index is 0.0417. The van der Waals surface area contributed by atoms with Crippen LogP contribution in [0.1, 0.15) is 6.92 Å².